The van der Waals surface area contributed by atoms with E-state index in [1.165, 1.54) is 6.92 Å². The maximum Gasteiger partial charge on any atom is 0.163 e. The van der Waals surface area contributed by atoms with Crippen molar-refractivity contribution in [2.24, 2.45) is 28.6 Å². The quantitative estimate of drug-likeness (QED) is 0.742. The van der Waals surface area contributed by atoms with E-state index < -0.39 is 11.0 Å². The fourth-order valence-electron chi connectivity index (χ4n) is 7.02. The lowest BCUT2D eigenvalue weighted by molar-refractivity contribution is -0.162. The summed E-state index contributed by atoms with van der Waals surface area (Å²) in [6, 6.07) is 0. The normalized spacial score (nSPS) is 49.1. The monoisotopic (exact) mass is 344 g/mol. The molecule has 3 fully saturated rings. The molecule has 136 valence electrons. The average Bonchev–Trinajstić information content (AvgIpc) is 2.82. The summed E-state index contributed by atoms with van der Waals surface area (Å²) in [4.78, 5) is 36.9. The molecule has 4 aliphatic rings. The third-order valence-corrected chi connectivity index (χ3v) is 8.58. The van der Waals surface area contributed by atoms with Crippen LogP contribution in [0.25, 0.3) is 0 Å². The fourth-order valence-corrected chi connectivity index (χ4v) is 7.02. The van der Waals surface area contributed by atoms with Gasteiger partial charge in [-0.15, -0.1) is 0 Å². The van der Waals surface area contributed by atoms with Crippen LogP contribution in [0, 0.1) is 28.6 Å². The van der Waals surface area contributed by atoms with E-state index in [1.807, 2.05) is 6.92 Å². The Hall–Kier alpha value is -1.29. The summed E-state index contributed by atoms with van der Waals surface area (Å²) in [7, 11) is 0. The maximum atomic E-state index is 12.9. The molecule has 1 N–H and O–H groups in total. The van der Waals surface area contributed by atoms with Crippen molar-refractivity contribution >= 4 is 17.3 Å². The van der Waals surface area contributed by atoms with Crippen LogP contribution in [0.5, 0.6) is 0 Å². The number of carbonyl (C=O) groups excluding carboxylic acids is 3. The van der Waals surface area contributed by atoms with Gasteiger partial charge in [-0.3, -0.25) is 14.4 Å². The highest BCUT2D eigenvalue weighted by atomic mass is 16.3. The van der Waals surface area contributed by atoms with Gasteiger partial charge in [-0.05, 0) is 76.2 Å². The van der Waals surface area contributed by atoms with E-state index in [2.05, 4.69) is 6.92 Å². The lowest BCUT2D eigenvalue weighted by atomic mass is 9.46. The molecule has 0 radical (unpaired) electrons. The number of fused-ring (bicyclic) bond motifs is 5. The van der Waals surface area contributed by atoms with Crippen LogP contribution < -0.4 is 0 Å². The van der Waals surface area contributed by atoms with Crippen molar-refractivity contribution in [2.75, 3.05) is 0 Å². The third-order valence-electron chi connectivity index (χ3n) is 8.58. The van der Waals surface area contributed by atoms with Crippen LogP contribution in [0.3, 0.4) is 0 Å². The molecule has 4 rings (SSSR count). The highest BCUT2D eigenvalue weighted by Crippen LogP contribution is 2.67. The zero-order valence-electron chi connectivity index (χ0n) is 15.4. The van der Waals surface area contributed by atoms with Gasteiger partial charge in [0.15, 0.2) is 17.3 Å². The SMILES string of the molecule is CC(=O)[C@]1(O)CC[C@H]2[C@@H]3CCC4=CC(=O)CC(=O)[C@]4(C)[C@H]3CC[C@@]21C. The second kappa shape index (κ2) is 5.12. The Morgan fingerprint density at radius 1 is 1.12 bits per heavy atom. The molecule has 0 aliphatic heterocycles. The molecule has 0 saturated heterocycles. The molecule has 0 heterocycles. The minimum Gasteiger partial charge on any atom is -0.382 e. The van der Waals surface area contributed by atoms with Crippen molar-refractivity contribution < 1.29 is 19.5 Å². The van der Waals surface area contributed by atoms with Crippen LogP contribution in [-0.4, -0.2) is 28.1 Å². The smallest absolute Gasteiger partial charge is 0.163 e. The van der Waals surface area contributed by atoms with Crippen LogP contribution in [-0.2, 0) is 14.4 Å². The summed E-state index contributed by atoms with van der Waals surface area (Å²) in [5, 5.41) is 11.1. The molecular weight excluding hydrogens is 316 g/mol. The molecule has 0 spiro atoms. The Bertz CT molecular complexity index is 707. The second-order valence-electron chi connectivity index (χ2n) is 9.26. The molecule has 0 aromatic carbocycles. The van der Waals surface area contributed by atoms with E-state index in [0.717, 1.165) is 37.7 Å². The summed E-state index contributed by atoms with van der Waals surface area (Å²) >= 11 is 0. The molecule has 3 saturated carbocycles. The first kappa shape index (κ1) is 17.1. The van der Waals surface area contributed by atoms with E-state index in [9.17, 15) is 19.5 Å². The van der Waals surface area contributed by atoms with Crippen LogP contribution >= 0.6 is 0 Å². The molecule has 4 heteroatoms. The number of hydrogen-bond acceptors (Lipinski definition) is 4. The van der Waals surface area contributed by atoms with Gasteiger partial charge < -0.3 is 5.11 Å². The van der Waals surface area contributed by atoms with Crippen LogP contribution in [0.1, 0.15) is 65.7 Å². The highest BCUT2D eigenvalue weighted by Gasteiger charge is 2.66. The lowest BCUT2D eigenvalue weighted by Crippen LogP contribution is -2.58. The topological polar surface area (TPSA) is 71.4 Å². The minimum atomic E-state index is -1.22. The summed E-state index contributed by atoms with van der Waals surface area (Å²) in [6.45, 7) is 5.64. The molecule has 0 aromatic heterocycles. The van der Waals surface area contributed by atoms with Gasteiger partial charge in [0.1, 0.15) is 5.60 Å². The van der Waals surface area contributed by atoms with Crippen molar-refractivity contribution in [2.45, 2.75) is 71.3 Å². The molecular formula is C21H28O4. The van der Waals surface area contributed by atoms with Crippen molar-refractivity contribution in [3.63, 3.8) is 0 Å². The maximum absolute atomic E-state index is 12.9. The molecule has 0 unspecified atom stereocenters. The standard InChI is InChI=1S/C21H28O4/c1-12(22)21(25)9-7-16-15-5-4-13-10-14(23)11-18(24)20(13,3)17(15)6-8-19(16,21)2/h10,15-17,25H,4-9,11H2,1-3H3/t15-,16-,17-,19-,20-,21+/m0/s1. The fraction of sp³-hybridized carbons (Fsp3) is 0.762. The van der Waals surface area contributed by atoms with Crippen LogP contribution in [0.2, 0.25) is 0 Å². The number of carbonyl (C=O) groups is 3. The van der Waals surface area contributed by atoms with Crippen molar-refractivity contribution in [3.05, 3.63) is 11.6 Å². The van der Waals surface area contributed by atoms with E-state index in [-0.39, 0.29) is 41.0 Å². The van der Waals surface area contributed by atoms with Gasteiger partial charge in [0.05, 0.1) is 11.8 Å². The van der Waals surface area contributed by atoms with E-state index in [4.69, 9.17) is 0 Å². The van der Waals surface area contributed by atoms with Crippen molar-refractivity contribution in [1.82, 2.24) is 0 Å². The summed E-state index contributed by atoms with van der Waals surface area (Å²) in [5.41, 5.74) is -1.09. The van der Waals surface area contributed by atoms with Gasteiger partial charge in [0.2, 0.25) is 0 Å². The average molecular weight is 344 g/mol. The summed E-state index contributed by atoms with van der Waals surface area (Å²) in [6.07, 6.45) is 6.53. The first-order valence-electron chi connectivity index (χ1n) is 9.65. The number of Topliss-reactive ketones (excluding diaryl/α,β-unsaturated/α-hetero) is 2. The van der Waals surface area contributed by atoms with E-state index in [1.54, 1.807) is 6.08 Å². The molecule has 0 amide bonds. The largest absolute Gasteiger partial charge is 0.382 e. The summed E-state index contributed by atoms with van der Waals surface area (Å²) < 4.78 is 0. The van der Waals surface area contributed by atoms with Gasteiger partial charge in [-0.2, -0.15) is 0 Å². The van der Waals surface area contributed by atoms with Crippen molar-refractivity contribution in [3.8, 4) is 0 Å². The second-order valence-corrected chi connectivity index (χ2v) is 9.26. The molecule has 0 aromatic rings. The Kier molecular flexibility index (Phi) is 3.51. The van der Waals surface area contributed by atoms with Gasteiger partial charge in [-0.1, -0.05) is 12.5 Å². The lowest BCUT2D eigenvalue weighted by Gasteiger charge is -2.58. The number of rotatable bonds is 1. The first-order valence-corrected chi connectivity index (χ1v) is 9.65. The molecule has 4 nitrogen and oxygen atoms in total. The predicted molar refractivity (Wildman–Crippen MR) is 92.7 cm³/mol. The Morgan fingerprint density at radius 3 is 2.48 bits per heavy atom. The number of aliphatic hydroxyl groups is 1. The molecule has 0 bridgehead atoms. The van der Waals surface area contributed by atoms with Gasteiger partial charge >= 0.3 is 0 Å². The van der Waals surface area contributed by atoms with E-state index >= 15 is 0 Å². The van der Waals surface area contributed by atoms with Crippen LogP contribution in [0.15, 0.2) is 11.6 Å². The number of hydrogen-bond donors (Lipinski definition) is 1. The third kappa shape index (κ3) is 1.95. The van der Waals surface area contributed by atoms with E-state index in [0.29, 0.717) is 12.3 Å². The highest BCUT2D eigenvalue weighted by molar-refractivity contribution is 6.11. The molecule has 25 heavy (non-hydrogen) atoms. The first-order chi connectivity index (χ1) is 11.6. The van der Waals surface area contributed by atoms with Gasteiger partial charge in [0, 0.05) is 5.41 Å². The number of ketones is 3. The van der Waals surface area contributed by atoms with Gasteiger partial charge in [0.25, 0.3) is 0 Å². The Morgan fingerprint density at radius 2 is 1.80 bits per heavy atom. The zero-order chi connectivity index (χ0) is 18.2. The Balaban J connectivity index is 1.74. The minimum absolute atomic E-state index is 0.0303. The number of allylic oxidation sites excluding steroid dienone is 1. The van der Waals surface area contributed by atoms with Gasteiger partial charge in [-0.25, -0.2) is 0 Å². The zero-order valence-corrected chi connectivity index (χ0v) is 15.4. The Labute approximate surface area is 149 Å². The predicted octanol–water partition coefficient (Wildman–Crippen LogP) is 3.02. The molecule has 4 aliphatic carbocycles. The van der Waals surface area contributed by atoms with Crippen molar-refractivity contribution in [1.29, 1.82) is 0 Å². The van der Waals surface area contributed by atoms with Crippen LogP contribution in [0.4, 0.5) is 0 Å². The molecule has 6 atom stereocenters. The summed E-state index contributed by atoms with van der Waals surface area (Å²) in [5.74, 6) is 0.783.